The maximum absolute atomic E-state index is 13.3. The predicted molar refractivity (Wildman–Crippen MR) is 122 cm³/mol. The number of hydrogen-bond donors (Lipinski definition) is 6. The Kier molecular flexibility index (Phi) is 5.88. The van der Waals surface area contributed by atoms with E-state index in [1.54, 1.807) is 12.1 Å². The number of benzene rings is 2. The van der Waals surface area contributed by atoms with Crippen LogP contribution in [0.5, 0.6) is 11.5 Å². The number of carbonyl (C=O) groups excluding carboxylic acids is 2. The third-order valence-electron chi connectivity index (χ3n) is 6.30. The lowest BCUT2D eigenvalue weighted by Crippen LogP contribution is -2.60. The van der Waals surface area contributed by atoms with E-state index in [0.29, 0.717) is 0 Å². The second-order valence-electron chi connectivity index (χ2n) is 8.56. The molecular formula is C24H23N3O9. The Balaban J connectivity index is 1.74. The largest absolute Gasteiger partial charge is 0.504 e. The molecule has 0 saturated carbocycles. The number of hydrogen-bond acceptors (Lipinski definition) is 10. The lowest BCUT2D eigenvalue weighted by Gasteiger charge is -2.40. The van der Waals surface area contributed by atoms with Crippen molar-refractivity contribution >= 4 is 17.5 Å². The van der Waals surface area contributed by atoms with E-state index >= 15 is 0 Å². The van der Waals surface area contributed by atoms with Gasteiger partial charge in [-0.05, 0) is 12.1 Å². The summed E-state index contributed by atoms with van der Waals surface area (Å²) in [7, 11) is 0. The number of ether oxygens (including phenoxy) is 3. The summed E-state index contributed by atoms with van der Waals surface area (Å²) in [5, 5.41) is 42.4. The Bertz CT molecular complexity index is 1300. The maximum Gasteiger partial charge on any atom is 0.229 e. The minimum absolute atomic E-state index is 0.0508. The molecule has 6 atom stereocenters. The van der Waals surface area contributed by atoms with Gasteiger partial charge in [0.05, 0.1) is 11.8 Å². The van der Waals surface area contributed by atoms with Crippen LogP contribution in [0.15, 0.2) is 47.7 Å². The molecule has 1 fully saturated rings. The van der Waals surface area contributed by atoms with Crippen LogP contribution in [0.4, 0.5) is 0 Å². The highest BCUT2D eigenvalue weighted by molar-refractivity contribution is 6.29. The van der Waals surface area contributed by atoms with Crippen molar-refractivity contribution in [2.45, 2.75) is 36.7 Å². The molecule has 5 rings (SSSR count). The van der Waals surface area contributed by atoms with Gasteiger partial charge in [-0.1, -0.05) is 24.3 Å². The van der Waals surface area contributed by atoms with Crippen molar-refractivity contribution < 1.29 is 44.2 Å². The molecule has 2 aromatic carbocycles. The quantitative estimate of drug-likeness (QED) is 0.181. The zero-order valence-electron chi connectivity index (χ0n) is 18.6. The third-order valence-corrected chi connectivity index (χ3v) is 6.30. The third kappa shape index (κ3) is 3.76. The van der Waals surface area contributed by atoms with Crippen LogP contribution in [0.3, 0.4) is 0 Å². The first-order chi connectivity index (χ1) is 17.2. The van der Waals surface area contributed by atoms with Crippen molar-refractivity contribution in [1.82, 2.24) is 0 Å². The minimum atomic E-state index is -1.74. The molecule has 0 spiro atoms. The standard InChI is InChI=1S/C24H23N3O9/c25-24(26)27-13-5-6-34-8-14-18(30)20(32)21(33)23(35-14)36-22-11(13)7-12-15(19(22)31)17(29)10-4-2-1-3-9(10)16(12)28/h1-7,13-14,18,20-21,23,30-33H,8H2,(H4,25,26,27). The molecule has 12 nitrogen and oxygen atoms in total. The van der Waals surface area contributed by atoms with E-state index < -0.39 is 54.1 Å². The number of ketones is 2. The van der Waals surface area contributed by atoms with E-state index in [-0.39, 0.29) is 46.1 Å². The Morgan fingerprint density at radius 2 is 1.67 bits per heavy atom. The number of guanidine groups is 1. The molecule has 1 aliphatic carbocycles. The molecule has 36 heavy (non-hydrogen) atoms. The fraction of sp³-hybridized carbons (Fsp3) is 0.292. The summed E-state index contributed by atoms with van der Waals surface area (Å²) in [5.74, 6) is -2.52. The Morgan fingerprint density at radius 3 is 2.36 bits per heavy atom. The topological polar surface area (TPSA) is 207 Å². The molecule has 2 bridgehead atoms. The monoisotopic (exact) mass is 497 g/mol. The van der Waals surface area contributed by atoms with E-state index in [1.165, 1.54) is 30.5 Å². The molecule has 3 aliphatic rings. The fourth-order valence-electron chi connectivity index (χ4n) is 4.51. The molecule has 2 heterocycles. The molecule has 0 amide bonds. The number of phenols is 1. The number of fused-ring (bicyclic) bond motifs is 5. The van der Waals surface area contributed by atoms with Crippen molar-refractivity contribution in [3.63, 3.8) is 0 Å². The summed E-state index contributed by atoms with van der Waals surface area (Å²) in [6.45, 7) is -0.235. The SMILES string of the molecule is NC(N)=NC1C=COCC2OC(Oc3c1cc1c(c3O)C(=O)c3ccccc3C1=O)C(O)C(O)C2O. The number of aromatic hydroxyl groups is 1. The van der Waals surface area contributed by atoms with Crippen LogP contribution in [0.2, 0.25) is 0 Å². The van der Waals surface area contributed by atoms with Gasteiger partial charge < -0.3 is 46.1 Å². The van der Waals surface area contributed by atoms with Crippen molar-refractivity contribution in [3.05, 3.63) is 70.5 Å². The first-order valence-corrected chi connectivity index (χ1v) is 11.0. The van der Waals surface area contributed by atoms with E-state index in [0.717, 1.165) is 0 Å². The van der Waals surface area contributed by atoms with Gasteiger partial charge in [-0.15, -0.1) is 0 Å². The molecule has 8 N–H and O–H groups in total. The molecule has 0 aromatic heterocycles. The highest BCUT2D eigenvalue weighted by Crippen LogP contribution is 2.45. The molecule has 1 saturated heterocycles. The van der Waals surface area contributed by atoms with Gasteiger partial charge in [0, 0.05) is 22.3 Å². The highest BCUT2D eigenvalue weighted by atomic mass is 16.7. The number of nitrogens with two attached hydrogens (primary N) is 2. The predicted octanol–water partition coefficient (Wildman–Crippen LogP) is -0.788. The first-order valence-electron chi connectivity index (χ1n) is 11.0. The summed E-state index contributed by atoms with van der Waals surface area (Å²) in [6.07, 6.45) is -5.02. The molecule has 2 aliphatic heterocycles. The average molecular weight is 497 g/mol. The second-order valence-corrected chi connectivity index (χ2v) is 8.56. The van der Waals surface area contributed by atoms with Crippen molar-refractivity contribution in [2.75, 3.05) is 6.61 Å². The maximum atomic E-state index is 13.3. The number of aliphatic hydroxyl groups excluding tert-OH is 3. The number of phenolic OH excluding ortho intramolecular Hbond substituents is 1. The Labute approximate surface area is 204 Å². The van der Waals surface area contributed by atoms with Gasteiger partial charge in [0.25, 0.3) is 0 Å². The average Bonchev–Trinajstić information content (AvgIpc) is 2.88. The van der Waals surface area contributed by atoms with Crippen molar-refractivity contribution in [2.24, 2.45) is 16.5 Å². The van der Waals surface area contributed by atoms with E-state index in [1.807, 2.05) is 0 Å². The van der Waals surface area contributed by atoms with Crippen LogP contribution in [0.1, 0.15) is 43.4 Å². The summed E-state index contributed by atoms with van der Waals surface area (Å²) < 4.78 is 16.8. The van der Waals surface area contributed by atoms with Crippen LogP contribution in [0, 0.1) is 0 Å². The van der Waals surface area contributed by atoms with Gasteiger partial charge in [-0.25, -0.2) is 4.99 Å². The molecule has 2 aromatic rings. The summed E-state index contributed by atoms with van der Waals surface area (Å²) in [4.78, 5) is 30.7. The highest BCUT2D eigenvalue weighted by Gasteiger charge is 2.46. The number of aliphatic hydroxyl groups is 3. The van der Waals surface area contributed by atoms with Crippen LogP contribution in [-0.2, 0) is 9.47 Å². The summed E-state index contributed by atoms with van der Waals surface area (Å²) >= 11 is 0. The normalized spacial score (nSPS) is 29.0. The Morgan fingerprint density at radius 1 is 0.972 bits per heavy atom. The minimum Gasteiger partial charge on any atom is -0.504 e. The van der Waals surface area contributed by atoms with Crippen LogP contribution >= 0.6 is 0 Å². The fourth-order valence-corrected chi connectivity index (χ4v) is 4.51. The molecular weight excluding hydrogens is 474 g/mol. The molecule has 0 radical (unpaired) electrons. The Hall–Kier alpha value is -3.97. The number of aliphatic imine (C=N–C) groups is 1. The number of nitrogens with zero attached hydrogens (tertiary/aromatic N) is 1. The van der Waals surface area contributed by atoms with Gasteiger partial charge in [0.2, 0.25) is 6.29 Å². The van der Waals surface area contributed by atoms with E-state index in [9.17, 15) is 30.0 Å². The lowest BCUT2D eigenvalue weighted by molar-refractivity contribution is -0.277. The van der Waals surface area contributed by atoms with Crippen molar-refractivity contribution in [3.8, 4) is 11.5 Å². The van der Waals surface area contributed by atoms with Crippen LogP contribution < -0.4 is 16.2 Å². The lowest BCUT2D eigenvalue weighted by atomic mass is 9.81. The van der Waals surface area contributed by atoms with Crippen LogP contribution in [0.25, 0.3) is 0 Å². The van der Waals surface area contributed by atoms with Gasteiger partial charge in [-0.2, -0.15) is 0 Å². The molecule has 188 valence electrons. The van der Waals surface area contributed by atoms with Gasteiger partial charge in [-0.3, -0.25) is 9.59 Å². The second kappa shape index (κ2) is 8.91. The molecule has 6 unspecified atom stereocenters. The number of rotatable bonds is 1. The van der Waals surface area contributed by atoms with E-state index in [2.05, 4.69) is 4.99 Å². The zero-order chi connectivity index (χ0) is 25.7. The zero-order valence-corrected chi connectivity index (χ0v) is 18.6. The van der Waals surface area contributed by atoms with Gasteiger partial charge in [0.15, 0.2) is 29.0 Å². The van der Waals surface area contributed by atoms with Crippen molar-refractivity contribution in [1.29, 1.82) is 0 Å². The van der Waals surface area contributed by atoms with Gasteiger partial charge >= 0.3 is 0 Å². The first kappa shape index (κ1) is 23.8. The van der Waals surface area contributed by atoms with Crippen LogP contribution in [-0.4, -0.2) is 75.3 Å². The van der Waals surface area contributed by atoms with Gasteiger partial charge in [0.1, 0.15) is 37.1 Å². The van der Waals surface area contributed by atoms with E-state index in [4.69, 9.17) is 25.7 Å². The summed E-state index contributed by atoms with van der Waals surface area (Å²) in [6, 6.07) is 6.43. The smallest absolute Gasteiger partial charge is 0.229 e. The summed E-state index contributed by atoms with van der Waals surface area (Å²) in [5.41, 5.74) is 11.1. The molecule has 12 heteroatoms. The number of carbonyl (C=O) groups is 2.